The monoisotopic (exact) mass is 182 g/mol. The summed E-state index contributed by atoms with van der Waals surface area (Å²) in [7, 11) is 0. The van der Waals surface area contributed by atoms with Crippen molar-refractivity contribution < 1.29 is 4.79 Å². The fraction of sp³-hybridized carbons (Fsp3) is 0.900. The van der Waals surface area contributed by atoms with Crippen molar-refractivity contribution in [3.63, 3.8) is 0 Å². The van der Waals surface area contributed by atoms with E-state index in [0.717, 1.165) is 0 Å². The molecule has 2 atom stereocenters. The highest BCUT2D eigenvalue weighted by Gasteiger charge is 2.38. The van der Waals surface area contributed by atoms with Crippen LogP contribution < -0.4 is 5.32 Å². The average Bonchev–Trinajstić information content (AvgIpc) is 2.63. The van der Waals surface area contributed by atoms with Gasteiger partial charge in [0.05, 0.1) is 12.2 Å². The van der Waals surface area contributed by atoms with Crippen LogP contribution in [0.2, 0.25) is 0 Å². The van der Waals surface area contributed by atoms with Crippen molar-refractivity contribution in [1.29, 1.82) is 0 Å². The fourth-order valence-electron chi connectivity index (χ4n) is 2.61. The first-order chi connectivity index (χ1) is 6.20. The molecule has 3 heteroatoms. The van der Waals surface area contributed by atoms with Crippen LogP contribution in [0.1, 0.15) is 39.5 Å². The Balaban J connectivity index is 2.08. The summed E-state index contributed by atoms with van der Waals surface area (Å²) in [6, 6.07) is 0.538. The van der Waals surface area contributed by atoms with Crippen molar-refractivity contribution in [3.05, 3.63) is 0 Å². The normalized spacial score (nSPS) is 36.2. The Kier molecular flexibility index (Phi) is 2.28. The van der Waals surface area contributed by atoms with Gasteiger partial charge in [-0.3, -0.25) is 10.1 Å². The predicted molar refractivity (Wildman–Crippen MR) is 51.2 cm³/mol. The van der Waals surface area contributed by atoms with Crippen LogP contribution in [0.4, 0.5) is 0 Å². The van der Waals surface area contributed by atoms with E-state index in [1.807, 2.05) is 6.92 Å². The molecule has 2 rings (SSSR count). The minimum Gasteiger partial charge on any atom is -0.323 e. The van der Waals surface area contributed by atoms with E-state index in [2.05, 4.69) is 17.1 Å². The van der Waals surface area contributed by atoms with Crippen LogP contribution in [0.5, 0.6) is 0 Å². The van der Waals surface area contributed by atoms with Gasteiger partial charge in [-0.25, -0.2) is 0 Å². The van der Waals surface area contributed by atoms with Gasteiger partial charge < -0.3 is 4.90 Å². The lowest BCUT2D eigenvalue weighted by Gasteiger charge is -2.27. The van der Waals surface area contributed by atoms with E-state index in [-0.39, 0.29) is 12.2 Å². The van der Waals surface area contributed by atoms with E-state index in [0.29, 0.717) is 11.9 Å². The van der Waals surface area contributed by atoms with Gasteiger partial charge in [0.25, 0.3) is 0 Å². The van der Waals surface area contributed by atoms with Crippen molar-refractivity contribution in [2.24, 2.45) is 0 Å². The molecule has 74 valence electrons. The van der Waals surface area contributed by atoms with Crippen LogP contribution in [0.25, 0.3) is 0 Å². The lowest BCUT2D eigenvalue weighted by molar-refractivity contribution is -0.131. The molecule has 3 nitrogen and oxygen atoms in total. The molecule has 0 bridgehead atoms. The van der Waals surface area contributed by atoms with Gasteiger partial charge in [0, 0.05) is 6.04 Å². The summed E-state index contributed by atoms with van der Waals surface area (Å²) in [5, 5.41) is 3.27. The third kappa shape index (κ3) is 1.46. The predicted octanol–water partition coefficient (Wildman–Crippen LogP) is 1.10. The summed E-state index contributed by atoms with van der Waals surface area (Å²) in [6.45, 7) is 4.04. The van der Waals surface area contributed by atoms with Crippen LogP contribution in [-0.4, -0.2) is 29.1 Å². The highest BCUT2D eigenvalue weighted by Crippen LogP contribution is 2.27. The molecule has 1 aliphatic heterocycles. The van der Waals surface area contributed by atoms with Crippen molar-refractivity contribution in [3.8, 4) is 0 Å². The Hall–Kier alpha value is -0.570. The third-order valence-electron chi connectivity index (χ3n) is 3.25. The third-order valence-corrected chi connectivity index (χ3v) is 3.25. The van der Waals surface area contributed by atoms with Crippen molar-refractivity contribution in [1.82, 2.24) is 10.2 Å². The van der Waals surface area contributed by atoms with Gasteiger partial charge in [0.1, 0.15) is 0 Å². The number of nitrogens with zero attached hydrogens (tertiary/aromatic N) is 1. The van der Waals surface area contributed by atoms with Crippen LogP contribution in [0.15, 0.2) is 0 Å². The zero-order valence-electron chi connectivity index (χ0n) is 8.42. The Labute approximate surface area is 79.5 Å². The van der Waals surface area contributed by atoms with E-state index >= 15 is 0 Å². The summed E-state index contributed by atoms with van der Waals surface area (Å²) in [6.07, 6.45) is 5.21. The van der Waals surface area contributed by atoms with Crippen molar-refractivity contribution in [2.45, 2.75) is 57.8 Å². The second kappa shape index (κ2) is 3.29. The molecule has 2 aliphatic rings. The quantitative estimate of drug-likeness (QED) is 0.658. The van der Waals surface area contributed by atoms with E-state index < -0.39 is 0 Å². The molecule has 0 aromatic heterocycles. The largest absolute Gasteiger partial charge is 0.323 e. The van der Waals surface area contributed by atoms with Crippen LogP contribution in [0, 0.1) is 0 Å². The first-order valence-electron chi connectivity index (χ1n) is 5.28. The first kappa shape index (κ1) is 9.00. The fourth-order valence-corrected chi connectivity index (χ4v) is 2.61. The maximum absolute atomic E-state index is 11.8. The summed E-state index contributed by atoms with van der Waals surface area (Å²) in [5.74, 6) is 0.291. The molecule has 1 saturated carbocycles. The first-order valence-corrected chi connectivity index (χ1v) is 5.28. The summed E-state index contributed by atoms with van der Waals surface area (Å²) >= 11 is 0. The summed E-state index contributed by atoms with van der Waals surface area (Å²) < 4.78 is 0. The lowest BCUT2D eigenvalue weighted by atomic mass is 10.2. The second-order valence-electron chi connectivity index (χ2n) is 4.25. The lowest BCUT2D eigenvalue weighted by Crippen LogP contribution is -2.41. The zero-order chi connectivity index (χ0) is 9.42. The van der Waals surface area contributed by atoms with Gasteiger partial charge in [0.2, 0.25) is 5.91 Å². The van der Waals surface area contributed by atoms with Gasteiger partial charge in [0.15, 0.2) is 0 Å². The molecule has 1 N–H and O–H groups in total. The van der Waals surface area contributed by atoms with E-state index in [4.69, 9.17) is 0 Å². The topological polar surface area (TPSA) is 32.3 Å². The standard InChI is InChI=1S/C10H18N2O/c1-7-10(13)12(8(2)11-7)9-5-3-4-6-9/h7-9,11H,3-6H2,1-2H3. The van der Waals surface area contributed by atoms with E-state index in [1.54, 1.807) is 0 Å². The van der Waals surface area contributed by atoms with Crippen LogP contribution in [0.3, 0.4) is 0 Å². The molecule has 13 heavy (non-hydrogen) atoms. The van der Waals surface area contributed by atoms with Crippen molar-refractivity contribution >= 4 is 5.91 Å². The molecule has 0 spiro atoms. The van der Waals surface area contributed by atoms with Gasteiger partial charge >= 0.3 is 0 Å². The second-order valence-corrected chi connectivity index (χ2v) is 4.25. The average molecular weight is 182 g/mol. The Morgan fingerprint density at radius 2 is 1.92 bits per heavy atom. The number of carbonyl (C=O) groups is 1. The zero-order valence-corrected chi connectivity index (χ0v) is 8.42. The number of hydrogen-bond donors (Lipinski definition) is 1. The van der Waals surface area contributed by atoms with Crippen molar-refractivity contribution in [2.75, 3.05) is 0 Å². The highest BCUT2D eigenvalue weighted by atomic mass is 16.2. The summed E-state index contributed by atoms with van der Waals surface area (Å²) in [4.78, 5) is 13.8. The number of carbonyl (C=O) groups excluding carboxylic acids is 1. The number of nitrogens with one attached hydrogen (secondary N) is 1. The Morgan fingerprint density at radius 1 is 1.31 bits per heavy atom. The van der Waals surface area contributed by atoms with Gasteiger partial charge in [-0.1, -0.05) is 12.8 Å². The van der Waals surface area contributed by atoms with E-state index in [1.165, 1.54) is 25.7 Å². The minimum atomic E-state index is 0.0237. The van der Waals surface area contributed by atoms with Crippen LogP contribution in [-0.2, 0) is 4.79 Å². The molecule has 2 fully saturated rings. The molecule has 1 amide bonds. The Morgan fingerprint density at radius 3 is 2.38 bits per heavy atom. The molecule has 2 unspecified atom stereocenters. The molecular formula is C10H18N2O. The summed E-state index contributed by atoms with van der Waals surface area (Å²) in [5.41, 5.74) is 0. The van der Waals surface area contributed by atoms with Gasteiger partial charge in [-0.2, -0.15) is 0 Å². The number of hydrogen-bond acceptors (Lipinski definition) is 2. The molecule has 0 aromatic carbocycles. The number of rotatable bonds is 1. The molecular weight excluding hydrogens is 164 g/mol. The van der Waals surface area contributed by atoms with Gasteiger partial charge in [-0.15, -0.1) is 0 Å². The maximum atomic E-state index is 11.8. The van der Waals surface area contributed by atoms with Gasteiger partial charge in [-0.05, 0) is 26.7 Å². The molecule has 0 radical (unpaired) electrons. The van der Waals surface area contributed by atoms with E-state index in [9.17, 15) is 4.79 Å². The smallest absolute Gasteiger partial charge is 0.240 e. The highest BCUT2D eigenvalue weighted by molar-refractivity contribution is 5.84. The molecule has 0 aromatic rings. The minimum absolute atomic E-state index is 0.0237. The molecule has 1 saturated heterocycles. The molecule has 1 heterocycles. The number of amides is 1. The Bertz CT molecular complexity index is 211. The molecule has 1 aliphatic carbocycles. The van der Waals surface area contributed by atoms with Crippen LogP contribution >= 0.6 is 0 Å². The SMILES string of the molecule is CC1NC(C)N(C2CCCC2)C1=O. The maximum Gasteiger partial charge on any atom is 0.240 e.